The number of para-hydroxylation sites is 1. The number of halogens is 3. The summed E-state index contributed by atoms with van der Waals surface area (Å²) in [5.74, 6) is -2.54. The second-order valence-corrected chi connectivity index (χ2v) is 8.75. The Kier molecular flexibility index (Phi) is 6.11. The summed E-state index contributed by atoms with van der Waals surface area (Å²) in [7, 11) is -3.40. The fourth-order valence-corrected chi connectivity index (χ4v) is 3.03. The number of rotatable bonds is 7. The van der Waals surface area contributed by atoms with Crippen molar-refractivity contribution in [1.29, 1.82) is 0 Å². The van der Waals surface area contributed by atoms with Gasteiger partial charge in [0.15, 0.2) is 9.84 Å². The molecule has 0 spiro atoms. The summed E-state index contributed by atoms with van der Waals surface area (Å²) in [5.41, 5.74) is -0.301. The summed E-state index contributed by atoms with van der Waals surface area (Å²) in [4.78, 5) is 19.4. The molecule has 1 unspecified atom stereocenters. The summed E-state index contributed by atoms with van der Waals surface area (Å²) in [6.07, 6.45) is -0.129. The lowest BCUT2D eigenvalue weighted by Gasteiger charge is -2.16. The van der Waals surface area contributed by atoms with Crippen molar-refractivity contribution in [3.8, 4) is 11.6 Å². The van der Waals surface area contributed by atoms with Crippen LogP contribution in [0, 0.1) is 5.92 Å². The molecule has 11 heteroatoms. The molecule has 0 saturated heterocycles. The summed E-state index contributed by atoms with van der Waals surface area (Å²) < 4.78 is 67.3. The molecule has 1 saturated carbocycles. The topological polar surface area (TPSA) is 98.2 Å². The Morgan fingerprint density at radius 2 is 1.93 bits per heavy atom. The van der Waals surface area contributed by atoms with Crippen LogP contribution in [0.15, 0.2) is 48.0 Å². The molecule has 1 aromatic heterocycles. The van der Waals surface area contributed by atoms with Crippen molar-refractivity contribution >= 4 is 15.7 Å². The van der Waals surface area contributed by atoms with Crippen LogP contribution in [0.4, 0.5) is 13.2 Å². The molecule has 0 radical (unpaired) electrons. The number of aromatic nitrogens is 2. The maximum atomic E-state index is 13.0. The Morgan fingerprint density at radius 1 is 1.27 bits per heavy atom. The molecule has 7 nitrogen and oxygen atoms in total. The van der Waals surface area contributed by atoms with Crippen LogP contribution in [-0.2, 0) is 16.0 Å². The Bertz CT molecular complexity index is 1050. The van der Waals surface area contributed by atoms with Gasteiger partial charge in [-0.3, -0.25) is 4.79 Å². The second kappa shape index (κ2) is 8.42. The monoisotopic (exact) mass is 441 g/mol. The SMILES string of the molecule is CS(=O)(=O)/C=C/C(NC(=O)c1cnc(C(F)(F)F)nc1Oc1ccccc1)C1CC1. The number of nitrogens with one attached hydrogen (secondary N) is 1. The molecule has 1 heterocycles. The summed E-state index contributed by atoms with van der Waals surface area (Å²) in [6, 6.07) is 7.31. The highest BCUT2D eigenvalue weighted by atomic mass is 32.2. The third-order valence-electron chi connectivity index (χ3n) is 4.17. The van der Waals surface area contributed by atoms with Crippen molar-refractivity contribution in [1.82, 2.24) is 15.3 Å². The molecule has 1 aliphatic rings. The van der Waals surface area contributed by atoms with E-state index in [0.29, 0.717) is 0 Å². The standard InChI is InChI=1S/C19H18F3N3O4S/c1-30(27,28)10-9-15(12-7-8-12)24-16(26)14-11-23-18(19(20,21)22)25-17(14)29-13-5-3-2-4-6-13/h2-6,9-12,15H,7-8H2,1H3,(H,24,26)/b10-9+. The number of amides is 1. The van der Waals surface area contributed by atoms with Crippen LogP contribution in [0.1, 0.15) is 29.0 Å². The minimum Gasteiger partial charge on any atom is -0.438 e. The smallest absolute Gasteiger partial charge is 0.438 e. The van der Waals surface area contributed by atoms with Gasteiger partial charge in [0.25, 0.3) is 5.91 Å². The molecule has 1 N–H and O–H groups in total. The van der Waals surface area contributed by atoms with Crippen LogP contribution in [0.3, 0.4) is 0 Å². The van der Waals surface area contributed by atoms with E-state index in [-0.39, 0.29) is 17.2 Å². The summed E-state index contributed by atoms with van der Waals surface area (Å²) in [5, 5.41) is 3.61. The fourth-order valence-electron chi connectivity index (χ4n) is 2.57. The third-order valence-corrected chi connectivity index (χ3v) is 4.82. The van der Waals surface area contributed by atoms with Gasteiger partial charge in [-0.2, -0.15) is 18.2 Å². The first-order valence-corrected chi connectivity index (χ1v) is 10.8. The first kappa shape index (κ1) is 21.8. The highest BCUT2D eigenvalue weighted by Crippen LogP contribution is 2.34. The van der Waals surface area contributed by atoms with Crippen molar-refractivity contribution < 1.29 is 31.1 Å². The van der Waals surface area contributed by atoms with Gasteiger partial charge in [-0.25, -0.2) is 13.4 Å². The normalized spacial score (nSPS) is 15.7. The van der Waals surface area contributed by atoms with Gasteiger partial charge in [-0.15, -0.1) is 0 Å². The quantitative estimate of drug-likeness (QED) is 0.708. The number of carbonyl (C=O) groups is 1. The molecule has 0 aliphatic heterocycles. The largest absolute Gasteiger partial charge is 0.451 e. The number of benzene rings is 1. The van der Waals surface area contributed by atoms with Gasteiger partial charge in [0, 0.05) is 17.9 Å². The van der Waals surface area contributed by atoms with Crippen LogP contribution in [0.2, 0.25) is 0 Å². The van der Waals surface area contributed by atoms with Crippen molar-refractivity contribution in [2.24, 2.45) is 5.92 Å². The number of nitrogens with zero attached hydrogens (tertiary/aromatic N) is 2. The van der Waals surface area contributed by atoms with Crippen molar-refractivity contribution in [2.75, 3.05) is 6.26 Å². The molecule has 2 aromatic rings. The van der Waals surface area contributed by atoms with Crippen molar-refractivity contribution in [2.45, 2.75) is 25.1 Å². The van der Waals surface area contributed by atoms with E-state index in [1.807, 2.05) is 0 Å². The van der Waals surface area contributed by atoms with Gasteiger partial charge < -0.3 is 10.1 Å². The van der Waals surface area contributed by atoms with Crippen LogP contribution in [-0.4, -0.2) is 36.6 Å². The number of hydrogen-bond donors (Lipinski definition) is 1. The number of ether oxygens (including phenoxy) is 1. The van der Waals surface area contributed by atoms with E-state index in [1.165, 1.54) is 18.2 Å². The Balaban J connectivity index is 1.90. The van der Waals surface area contributed by atoms with Crippen LogP contribution < -0.4 is 10.1 Å². The zero-order chi connectivity index (χ0) is 21.9. The molecule has 3 rings (SSSR count). The van der Waals surface area contributed by atoms with E-state index in [2.05, 4.69) is 15.3 Å². The highest BCUT2D eigenvalue weighted by molar-refractivity contribution is 7.93. The molecule has 30 heavy (non-hydrogen) atoms. The van der Waals surface area contributed by atoms with Gasteiger partial charge in [0.05, 0.1) is 6.04 Å². The number of carbonyl (C=O) groups excluding carboxylic acids is 1. The predicted octanol–water partition coefficient (Wildman–Crippen LogP) is 3.35. The average molecular weight is 441 g/mol. The number of hydrogen-bond acceptors (Lipinski definition) is 6. The molecular formula is C19H18F3N3O4S. The minimum absolute atomic E-state index is 0.0424. The van der Waals surface area contributed by atoms with E-state index in [0.717, 1.165) is 30.7 Å². The lowest BCUT2D eigenvalue weighted by molar-refractivity contribution is -0.145. The Hall–Kier alpha value is -2.95. The zero-order valence-corrected chi connectivity index (χ0v) is 16.6. The first-order chi connectivity index (χ1) is 14.0. The molecule has 1 aromatic carbocycles. The third kappa shape index (κ3) is 6.02. The van der Waals surface area contributed by atoms with Crippen LogP contribution in [0.25, 0.3) is 0 Å². The fraction of sp³-hybridized carbons (Fsp3) is 0.316. The maximum Gasteiger partial charge on any atom is 0.451 e. The summed E-state index contributed by atoms with van der Waals surface area (Å²) >= 11 is 0. The van der Waals surface area contributed by atoms with E-state index < -0.39 is 39.7 Å². The van der Waals surface area contributed by atoms with E-state index >= 15 is 0 Å². The van der Waals surface area contributed by atoms with Gasteiger partial charge >= 0.3 is 6.18 Å². The second-order valence-electron chi connectivity index (χ2n) is 6.82. The number of sulfone groups is 1. The Labute approximate surface area is 170 Å². The zero-order valence-electron chi connectivity index (χ0n) is 15.8. The van der Waals surface area contributed by atoms with Crippen LogP contribution in [0.5, 0.6) is 11.6 Å². The molecule has 0 bridgehead atoms. The minimum atomic E-state index is -4.82. The number of alkyl halides is 3. The van der Waals surface area contributed by atoms with Crippen molar-refractivity contribution in [3.05, 3.63) is 59.4 Å². The van der Waals surface area contributed by atoms with Gasteiger partial charge in [0.2, 0.25) is 11.7 Å². The van der Waals surface area contributed by atoms with Crippen LogP contribution >= 0.6 is 0 Å². The highest BCUT2D eigenvalue weighted by Gasteiger charge is 2.37. The van der Waals surface area contributed by atoms with E-state index in [4.69, 9.17) is 4.74 Å². The van der Waals surface area contributed by atoms with Crippen molar-refractivity contribution in [3.63, 3.8) is 0 Å². The van der Waals surface area contributed by atoms with E-state index in [9.17, 15) is 26.4 Å². The van der Waals surface area contributed by atoms with Gasteiger partial charge in [-0.1, -0.05) is 24.3 Å². The summed E-state index contributed by atoms with van der Waals surface area (Å²) in [6.45, 7) is 0. The molecule has 1 atom stereocenters. The lowest BCUT2D eigenvalue weighted by atomic mass is 10.1. The molecule has 1 fully saturated rings. The maximum absolute atomic E-state index is 13.0. The molecule has 1 aliphatic carbocycles. The molecular weight excluding hydrogens is 423 g/mol. The van der Waals surface area contributed by atoms with E-state index in [1.54, 1.807) is 18.2 Å². The lowest BCUT2D eigenvalue weighted by Crippen LogP contribution is -2.35. The first-order valence-electron chi connectivity index (χ1n) is 8.89. The Morgan fingerprint density at radius 3 is 2.50 bits per heavy atom. The van der Waals surface area contributed by atoms with Gasteiger partial charge in [-0.05, 0) is 30.9 Å². The molecule has 160 valence electrons. The van der Waals surface area contributed by atoms with Gasteiger partial charge in [0.1, 0.15) is 11.3 Å². The molecule has 1 amide bonds. The predicted molar refractivity (Wildman–Crippen MR) is 102 cm³/mol. The average Bonchev–Trinajstić information content (AvgIpc) is 3.49.